The molecule has 0 aliphatic rings. The van der Waals surface area contributed by atoms with Crippen LogP contribution in [0.2, 0.25) is 0 Å². The number of hydrogen-bond acceptors (Lipinski definition) is 4. The lowest BCUT2D eigenvalue weighted by molar-refractivity contribution is -0.384. The van der Waals surface area contributed by atoms with Gasteiger partial charge in [-0.3, -0.25) is 10.1 Å². The van der Waals surface area contributed by atoms with Gasteiger partial charge in [0.25, 0.3) is 5.69 Å². The SMILES string of the molecule is C[C@@H](CCCc1ccc([N+](=O)[O-])cc1)OC(=O)O. The molecule has 1 rings (SSSR count). The highest BCUT2D eigenvalue weighted by Crippen LogP contribution is 2.14. The topological polar surface area (TPSA) is 89.7 Å². The van der Waals surface area contributed by atoms with Crippen molar-refractivity contribution in [2.75, 3.05) is 0 Å². The lowest BCUT2D eigenvalue weighted by Gasteiger charge is -2.09. The second kappa shape index (κ2) is 6.58. The van der Waals surface area contributed by atoms with Gasteiger partial charge in [-0.15, -0.1) is 0 Å². The molecule has 6 heteroatoms. The van der Waals surface area contributed by atoms with Gasteiger partial charge in [0.1, 0.15) is 6.10 Å². The fraction of sp³-hybridized carbons (Fsp3) is 0.417. The van der Waals surface area contributed by atoms with E-state index in [1.165, 1.54) is 12.1 Å². The van der Waals surface area contributed by atoms with Gasteiger partial charge in [0.15, 0.2) is 0 Å². The van der Waals surface area contributed by atoms with Crippen molar-refractivity contribution in [3.8, 4) is 0 Å². The van der Waals surface area contributed by atoms with Gasteiger partial charge < -0.3 is 9.84 Å². The molecule has 0 aliphatic carbocycles. The predicted molar refractivity (Wildman–Crippen MR) is 64.6 cm³/mol. The zero-order valence-corrected chi connectivity index (χ0v) is 10.0. The maximum Gasteiger partial charge on any atom is 0.506 e. The third kappa shape index (κ3) is 4.82. The Balaban J connectivity index is 2.35. The van der Waals surface area contributed by atoms with Crippen LogP contribution < -0.4 is 0 Å². The van der Waals surface area contributed by atoms with Gasteiger partial charge in [-0.05, 0) is 31.7 Å². The van der Waals surface area contributed by atoms with E-state index < -0.39 is 11.1 Å². The monoisotopic (exact) mass is 253 g/mol. The number of nitro benzene ring substituents is 1. The summed E-state index contributed by atoms with van der Waals surface area (Å²) >= 11 is 0. The molecule has 0 amide bonds. The van der Waals surface area contributed by atoms with Crippen molar-refractivity contribution in [1.29, 1.82) is 0 Å². The molecule has 0 heterocycles. The molecule has 0 fully saturated rings. The van der Waals surface area contributed by atoms with Gasteiger partial charge in [0.05, 0.1) is 4.92 Å². The number of ether oxygens (including phenoxy) is 1. The molecule has 98 valence electrons. The standard InChI is InChI=1S/C12H15NO5/c1-9(18-12(14)15)3-2-4-10-5-7-11(8-6-10)13(16)17/h5-9H,2-4H2,1H3,(H,14,15)/t9-/m0/s1. The van der Waals surface area contributed by atoms with Crippen LogP contribution in [0.3, 0.4) is 0 Å². The maximum atomic E-state index is 10.5. The summed E-state index contributed by atoms with van der Waals surface area (Å²) < 4.78 is 4.57. The van der Waals surface area contributed by atoms with Crippen molar-refractivity contribution in [2.45, 2.75) is 32.3 Å². The Kier molecular flexibility index (Phi) is 5.10. The molecule has 0 aliphatic heterocycles. The first kappa shape index (κ1) is 14.0. The number of hydrogen-bond donors (Lipinski definition) is 1. The van der Waals surface area contributed by atoms with E-state index in [9.17, 15) is 14.9 Å². The van der Waals surface area contributed by atoms with E-state index in [-0.39, 0.29) is 11.8 Å². The van der Waals surface area contributed by atoms with Crippen molar-refractivity contribution in [1.82, 2.24) is 0 Å². The van der Waals surface area contributed by atoms with Crippen LogP contribution >= 0.6 is 0 Å². The number of nitro groups is 1. The molecule has 1 atom stereocenters. The molecular weight excluding hydrogens is 238 g/mol. The van der Waals surface area contributed by atoms with Crippen LogP contribution in [-0.2, 0) is 11.2 Å². The highest BCUT2D eigenvalue weighted by Gasteiger charge is 2.08. The number of benzene rings is 1. The zero-order chi connectivity index (χ0) is 13.5. The molecule has 0 aromatic heterocycles. The number of carbonyl (C=O) groups is 1. The quantitative estimate of drug-likeness (QED) is 0.478. The summed E-state index contributed by atoms with van der Waals surface area (Å²) in [5.41, 5.74) is 1.06. The molecule has 1 aromatic rings. The average Bonchev–Trinajstić information content (AvgIpc) is 2.28. The van der Waals surface area contributed by atoms with E-state index in [1.807, 2.05) is 0 Å². The van der Waals surface area contributed by atoms with Gasteiger partial charge in [-0.1, -0.05) is 12.1 Å². The van der Waals surface area contributed by atoms with E-state index in [1.54, 1.807) is 19.1 Å². The molecule has 6 nitrogen and oxygen atoms in total. The molecule has 0 radical (unpaired) electrons. The summed E-state index contributed by atoms with van der Waals surface area (Å²) in [6.07, 6.45) is 0.541. The first-order valence-electron chi connectivity index (χ1n) is 5.62. The Labute approximate surface area is 104 Å². The van der Waals surface area contributed by atoms with Gasteiger partial charge >= 0.3 is 6.16 Å². The van der Waals surface area contributed by atoms with Crippen molar-refractivity contribution in [3.05, 3.63) is 39.9 Å². The van der Waals surface area contributed by atoms with Crippen molar-refractivity contribution in [2.24, 2.45) is 0 Å². The van der Waals surface area contributed by atoms with E-state index in [0.29, 0.717) is 6.42 Å². The van der Waals surface area contributed by atoms with E-state index >= 15 is 0 Å². The Bertz CT molecular complexity index is 415. The number of aryl methyl sites for hydroxylation is 1. The van der Waals surface area contributed by atoms with Crippen LogP contribution in [0.25, 0.3) is 0 Å². The first-order valence-corrected chi connectivity index (χ1v) is 5.62. The third-order valence-corrected chi connectivity index (χ3v) is 2.53. The molecular formula is C12H15NO5. The summed E-state index contributed by atoms with van der Waals surface area (Å²) in [6, 6.07) is 6.35. The van der Waals surface area contributed by atoms with Gasteiger partial charge in [-0.2, -0.15) is 0 Å². The second-order valence-corrected chi connectivity index (χ2v) is 4.01. The Morgan fingerprint density at radius 3 is 2.56 bits per heavy atom. The van der Waals surface area contributed by atoms with Crippen LogP contribution in [0.15, 0.2) is 24.3 Å². The average molecular weight is 253 g/mol. The number of rotatable bonds is 6. The Morgan fingerprint density at radius 2 is 2.06 bits per heavy atom. The largest absolute Gasteiger partial charge is 0.506 e. The van der Waals surface area contributed by atoms with Crippen molar-refractivity contribution >= 4 is 11.8 Å². The minimum absolute atomic E-state index is 0.0707. The molecule has 0 saturated heterocycles. The normalized spacial score (nSPS) is 11.8. The molecule has 0 bridgehead atoms. The molecule has 1 N–H and O–H groups in total. The van der Waals surface area contributed by atoms with Gasteiger partial charge in [0, 0.05) is 12.1 Å². The van der Waals surface area contributed by atoms with Crippen molar-refractivity contribution in [3.63, 3.8) is 0 Å². The van der Waals surface area contributed by atoms with Gasteiger partial charge in [-0.25, -0.2) is 4.79 Å². The number of carboxylic acid groups (broad SMARTS) is 1. The fourth-order valence-electron chi connectivity index (χ4n) is 1.61. The summed E-state index contributed by atoms with van der Waals surface area (Å²) in [4.78, 5) is 20.3. The van der Waals surface area contributed by atoms with E-state index in [4.69, 9.17) is 5.11 Å². The highest BCUT2D eigenvalue weighted by atomic mass is 16.7. The summed E-state index contributed by atoms with van der Waals surface area (Å²) in [5, 5.41) is 18.8. The van der Waals surface area contributed by atoms with E-state index in [2.05, 4.69) is 4.74 Å². The smallest absolute Gasteiger partial charge is 0.450 e. The first-order chi connectivity index (χ1) is 8.49. The second-order valence-electron chi connectivity index (χ2n) is 4.01. The zero-order valence-electron chi connectivity index (χ0n) is 10.0. The predicted octanol–water partition coefficient (Wildman–Crippen LogP) is 3.00. The van der Waals surface area contributed by atoms with Crippen LogP contribution in [0, 0.1) is 10.1 Å². The molecule has 18 heavy (non-hydrogen) atoms. The Hall–Kier alpha value is -2.11. The third-order valence-electron chi connectivity index (χ3n) is 2.53. The van der Waals surface area contributed by atoms with Gasteiger partial charge in [0.2, 0.25) is 0 Å². The summed E-state index contributed by atoms with van der Waals surface area (Å²) in [7, 11) is 0. The number of nitrogens with zero attached hydrogens (tertiary/aromatic N) is 1. The maximum absolute atomic E-state index is 10.5. The minimum atomic E-state index is -1.27. The molecule has 0 saturated carbocycles. The fourth-order valence-corrected chi connectivity index (χ4v) is 1.61. The van der Waals surface area contributed by atoms with E-state index in [0.717, 1.165) is 18.4 Å². The highest BCUT2D eigenvalue weighted by molar-refractivity contribution is 5.56. The lowest BCUT2D eigenvalue weighted by Crippen LogP contribution is -2.12. The molecule has 0 spiro atoms. The molecule has 0 unspecified atom stereocenters. The van der Waals surface area contributed by atoms with Crippen LogP contribution in [0.4, 0.5) is 10.5 Å². The van der Waals surface area contributed by atoms with Crippen LogP contribution in [0.5, 0.6) is 0 Å². The minimum Gasteiger partial charge on any atom is -0.450 e. The van der Waals surface area contributed by atoms with Crippen molar-refractivity contribution < 1.29 is 19.6 Å². The lowest BCUT2D eigenvalue weighted by atomic mass is 10.1. The van der Waals surface area contributed by atoms with Crippen LogP contribution in [-0.4, -0.2) is 22.3 Å². The summed E-state index contributed by atoms with van der Waals surface area (Å²) in [6.45, 7) is 1.70. The molecule has 1 aromatic carbocycles. The Morgan fingerprint density at radius 1 is 1.44 bits per heavy atom. The number of non-ortho nitro benzene ring substituents is 1. The van der Waals surface area contributed by atoms with Crippen LogP contribution in [0.1, 0.15) is 25.3 Å². The summed E-state index contributed by atoms with van der Waals surface area (Å²) in [5.74, 6) is 0.